The van der Waals surface area contributed by atoms with Crippen LogP contribution in [-0.2, 0) is 14.9 Å². The highest BCUT2D eigenvalue weighted by Crippen LogP contribution is 2.77. The Morgan fingerprint density at radius 2 is 1.61 bits per heavy atom. The SMILES string of the molecule is C=C[C@@H]1CC[C@]2(C(=O)NCCNCCS(=O)(=O)O)CC[C@]3(C)[C@H](CC[C@@H]4[C@@]5(C)CC=C(c6ccc(C(=O)O)cc6)C(C)(C)[C@@H]5CC[C@]43C)[C@@H]12. The topological polar surface area (TPSA) is 133 Å². The third-order valence-electron chi connectivity index (χ3n) is 15.4. The third kappa shape index (κ3) is 5.74. The Labute approximate surface area is 293 Å². The number of carbonyl (C=O) groups excluding carboxylic acids is 1. The summed E-state index contributed by atoms with van der Waals surface area (Å²) in [5.41, 5.74) is 2.77. The molecule has 4 N–H and O–H groups in total. The van der Waals surface area contributed by atoms with Crippen LogP contribution in [0.15, 0.2) is 43.0 Å². The van der Waals surface area contributed by atoms with Gasteiger partial charge in [0, 0.05) is 19.6 Å². The maximum Gasteiger partial charge on any atom is 0.335 e. The van der Waals surface area contributed by atoms with E-state index in [1.807, 2.05) is 12.1 Å². The van der Waals surface area contributed by atoms with E-state index in [9.17, 15) is 23.1 Å². The minimum Gasteiger partial charge on any atom is -0.478 e. The number of carbonyl (C=O) groups is 2. The number of benzene rings is 1. The molecule has 0 radical (unpaired) electrons. The molecule has 49 heavy (non-hydrogen) atoms. The minimum absolute atomic E-state index is 0.0444. The molecule has 9 heteroatoms. The van der Waals surface area contributed by atoms with Crippen molar-refractivity contribution < 1.29 is 27.7 Å². The van der Waals surface area contributed by atoms with Crippen molar-refractivity contribution >= 4 is 27.6 Å². The minimum atomic E-state index is -4.01. The summed E-state index contributed by atoms with van der Waals surface area (Å²) in [6.07, 6.45) is 14.1. The second kappa shape index (κ2) is 12.6. The van der Waals surface area contributed by atoms with E-state index < -0.39 is 21.5 Å². The highest BCUT2D eigenvalue weighted by Gasteiger charge is 2.71. The number of allylic oxidation sites excluding steroid dienone is 3. The van der Waals surface area contributed by atoms with Gasteiger partial charge in [-0.25, -0.2) is 4.79 Å². The Kier molecular flexibility index (Phi) is 9.35. The van der Waals surface area contributed by atoms with Crippen molar-refractivity contribution in [2.75, 3.05) is 25.4 Å². The van der Waals surface area contributed by atoms with E-state index in [0.29, 0.717) is 42.3 Å². The Morgan fingerprint density at radius 3 is 2.27 bits per heavy atom. The molecule has 6 rings (SSSR count). The van der Waals surface area contributed by atoms with Gasteiger partial charge >= 0.3 is 5.97 Å². The fraction of sp³-hybridized carbons (Fsp3) is 0.700. The summed E-state index contributed by atoms with van der Waals surface area (Å²) in [4.78, 5) is 25.7. The van der Waals surface area contributed by atoms with E-state index in [1.165, 1.54) is 18.4 Å². The molecule has 5 aliphatic rings. The average molecular weight is 695 g/mol. The van der Waals surface area contributed by atoms with Crippen LogP contribution in [0.5, 0.6) is 0 Å². The molecule has 0 unspecified atom stereocenters. The molecule has 0 spiro atoms. The molecular weight excluding hydrogens is 637 g/mol. The average Bonchev–Trinajstić information content (AvgIpc) is 3.42. The van der Waals surface area contributed by atoms with Crippen LogP contribution in [0.3, 0.4) is 0 Å². The lowest BCUT2D eigenvalue weighted by Crippen LogP contribution is -2.66. The number of rotatable bonds is 10. The van der Waals surface area contributed by atoms with Crippen LogP contribution in [-0.4, -0.2) is 55.3 Å². The zero-order chi connectivity index (χ0) is 35.6. The second-order valence-electron chi connectivity index (χ2n) is 17.5. The molecule has 270 valence electrons. The van der Waals surface area contributed by atoms with E-state index in [4.69, 9.17) is 4.55 Å². The summed E-state index contributed by atoms with van der Waals surface area (Å²) in [5.74, 6) is 1.03. The maximum atomic E-state index is 14.2. The number of hydrogen-bond donors (Lipinski definition) is 4. The number of amides is 1. The monoisotopic (exact) mass is 694 g/mol. The van der Waals surface area contributed by atoms with Crippen LogP contribution in [0, 0.1) is 56.7 Å². The number of hydrogen-bond acceptors (Lipinski definition) is 5. The van der Waals surface area contributed by atoms with Gasteiger partial charge in [-0.2, -0.15) is 8.42 Å². The number of fused-ring (bicyclic) bond motifs is 7. The van der Waals surface area contributed by atoms with Crippen molar-refractivity contribution in [3.63, 3.8) is 0 Å². The molecule has 0 aromatic heterocycles. The highest BCUT2D eigenvalue weighted by atomic mass is 32.2. The van der Waals surface area contributed by atoms with Gasteiger partial charge in [0.25, 0.3) is 10.1 Å². The molecule has 0 bridgehead atoms. The van der Waals surface area contributed by atoms with Gasteiger partial charge in [0.1, 0.15) is 0 Å². The molecule has 8 nitrogen and oxygen atoms in total. The molecule has 9 atom stereocenters. The van der Waals surface area contributed by atoms with Gasteiger partial charge in [-0.15, -0.1) is 6.58 Å². The lowest BCUT2D eigenvalue weighted by Gasteiger charge is -2.72. The normalized spacial score (nSPS) is 39.4. The fourth-order valence-electron chi connectivity index (χ4n) is 13.0. The predicted molar refractivity (Wildman–Crippen MR) is 193 cm³/mol. The lowest BCUT2D eigenvalue weighted by atomic mass is 9.32. The van der Waals surface area contributed by atoms with Crippen LogP contribution in [0.25, 0.3) is 5.57 Å². The van der Waals surface area contributed by atoms with Crippen molar-refractivity contribution in [2.45, 2.75) is 92.4 Å². The van der Waals surface area contributed by atoms with Crippen LogP contribution in [0.2, 0.25) is 0 Å². The summed E-state index contributed by atoms with van der Waals surface area (Å²) in [6.45, 7) is 17.9. The van der Waals surface area contributed by atoms with E-state index >= 15 is 0 Å². The molecule has 1 aromatic rings. The van der Waals surface area contributed by atoms with Gasteiger partial charge in [0.2, 0.25) is 5.91 Å². The molecule has 4 saturated carbocycles. The van der Waals surface area contributed by atoms with E-state index in [1.54, 1.807) is 12.1 Å². The zero-order valence-electron chi connectivity index (χ0n) is 30.2. The van der Waals surface area contributed by atoms with Crippen molar-refractivity contribution in [3.8, 4) is 0 Å². The van der Waals surface area contributed by atoms with E-state index in [0.717, 1.165) is 50.5 Å². The zero-order valence-corrected chi connectivity index (χ0v) is 31.0. The lowest BCUT2D eigenvalue weighted by molar-refractivity contribution is -0.224. The Hall–Kier alpha value is -2.49. The first-order valence-corrected chi connectivity index (χ1v) is 20.2. The van der Waals surface area contributed by atoms with Crippen molar-refractivity contribution in [2.24, 2.45) is 56.7 Å². The molecular formula is C40H58N2O6S. The predicted octanol–water partition coefficient (Wildman–Crippen LogP) is 7.24. The first-order chi connectivity index (χ1) is 22.9. The highest BCUT2D eigenvalue weighted by molar-refractivity contribution is 7.85. The largest absolute Gasteiger partial charge is 0.478 e. The van der Waals surface area contributed by atoms with Crippen LogP contribution >= 0.6 is 0 Å². The summed E-state index contributed by atoms with van der Waals surface area (Å²) in [6, 6.07) is 7.44. The quantitative estimate of drug-likeness (QED) is 0.115. The number of aromatic carboxylic acids is 1. The summed E-state index contributed by atoms with van der Waals surface area (Å²) in [7, 11) is -4.01. The maximum absolute atomic E-state index is 14.2. The van der Waals surface area contributed by atoms with Gasteiger partial charge in [0.05, 0.1) is 16.7 Å². The summed E-state index contributed by atoms with van der Waals surface area (Å²) in [5, 5.41) is 15.7. The number of carboxylic acid groups (broad SMARTS) is 1. The second-order valence-corrected chi connectivity index (χ2v) is 19.1. The van der Waals surface area contributed by atoms with Gasteiger partial charge in [-0.05, 0) is 132 Å². The molecule has 1 aromatic carbocycles. The Balaban J connectivity index is 1.24. The van der Waals surface area contributed by atoms with Crippen LogP contribution in [0.1, 0.15) is 108 Å². The van der Waals surface area contributed by atoms with E-state index in [2.05, 4.69) is 64.0 Å². The fourth-order valence-corrected chi connectivity index (χ4v) is 13.4. The number of carboxylic acids is 1. The van der Waals surface area contributed by atoms with Crippen LogP contribution in [0.4, 0.5) is 0 Å². The van der Waals surface area contributed by atoms with Gasteiger partial charge in [-0.3, -0.25) is 9.35 Å². The van der Waals surface area contributed by atoms with Crippen molar-refractivity contribution in [1.29, 1.82) is 0 Å². The Bertz CT molecular complexity index is 1620. The smallest absolute Gasteiger partial charge is 0.335 e. The van der Waals surface area contributed by atoms with Crippen LogP contribution < -0.4 is 10.6 Å². The first-order valence-electron chi connectivity index (χ1n) is 18.6. The third-order valence-corrected chi connectivity index (χ3v) is 16.1. The molecule has 0 saturated heterocycles. The van der Waals surface area contributed by atoms with Gasteiger partial charge in [-0.1, -0.05) is 58.9 Å². The summed E-state index contributed by atoms with van der Waals surface area (Å²) >= 11 is 0. The first kappa shape index (κ1) is 36.3. The van der Waals surface area contributed by atoms with E-state index in [-0.39, 0.29) is 45.8 Å². The standard InChI is InChI=1S/C40H58N2O6S/c1-7-26-14-19-40(35(45)42-23-22-41-24-25-49(46,47)48)21-20-38(5)30(33(26)40)12-13-32-37(4)17-15-29(27-8-10-28(11-9-27)34(43)44)36(2,3)31(37)16-18-39(32,38)6/h7-11,15,26,30-33,41H,1,12-14,16-25H2,2-6H3,(H,42,45)(H,43,44)(H,46,47,48)/t26-,30-,31+,32-,33-,37+,38-,39-,40+/m1/s1. The molecule has 0 aliphatic heterocycles. The number of nitrogens with one attached hydrogen (secondary N) is 2. The van der Waals surface area contributed by atoms with Crippen molar-refractivity contribution in [3.05, 3.63) is 54.1 Å². The molecule has 0 heterocycles. The molecule has 1 amide bonds. The summed E-state index contributed by atoms with van der Waals surface area (Å²) < 4.78 is 31.1. The van der Waals surface area contributed by atoms with Crippen molar-refractivity contribution in [1.82, 2.24) is 10.6 Å². The Morgan fingerprint density at radius 1 is 0.898 bits per heavy atom. The van der Waals surface area contributed by atoms with Gasteiger partial charge in [0.15, 0.2) is 0 Å². The molecule has 5 aliphatic carbocycles. The molecule has 4 fully saturated rings. The van der Waals surface area contributed by atoms with Gasteiger partial charge < -0.3 is 15.7 Å².